The summed E-state index contributed by atoms with van der Waals surface area (Å²) in [7, 11) is 1.19. The van der Waals surface area contributed by atoms with Crippen molar-refractivity contribution < 1.29 is 4.39 Å². The largest absolute Gasteiger partial charge is 0.354 e. The van der Waals surface area contributed by atoms with E-state index in [9.17, 15) is 18.8 Å². The average Bonchev–Trinajstić information content (AvgIpc) is 2.48. The Bertz CT molecular complexity index is 1120. The smallest absolute Gasteiger partial charge is 0.269 e. The van der Waals surface area contributed by atoms with Crippen LogP contribution in [0.15, 0.2) is 38.6 Å². The normalized spacial score (nSPS) is 11.1. The van der Waals surface area contributed by atoms with E-state index in [2.05, 4.69) is 4.98 Å². The second-order valence-electron chi connectivity index (χ2n) is 5.28. The molecule has 0 aliphatic rings. The Morgan fingerprint density at radius 2 is 1.74 bits per heavy atom. The molecule has 0 aliphatic carbocycles. The lowest BCUT2D eigenvalue weighted by molar-refractivity contribution is 0.527. The van der Waals surface area contributed by atoms with Crippen LogP contribution in [0.2, 0.25) is 0 Å². The average molecular weight is 316 g/mol. The lowest BCUT2D eigenvalue weighted by Crippen LogP contribution is -2.41. The first kappa shape index (κ1) is 14.9. The zero-order valence-electron chi connectivity index (χ0n) is 12.7. The zero-order chi connectivity index (χ0) is 16.9. The van der Waals surface area contributed by atoms with E-state index in [1.54, 1.807) is 18.2 Å². The van der Waals surface area contributed by atoms with Gasteiger partial charge < -0.3 is 0 Å². The highest BCUT2D eigenvalue weighted by molar-refractivity contribution is 5.46. The first-order valence-corrected chi connectivity index (χ1v) is 6.80. The number of aromatic nitrogens is 4. The molecular weight excluding hydrogens is 303 g/mol. The monoisotopic (exact) mass is 316 g/mol. The second kappa shape index (κ2) is 5.01. The van der Waals surface area contributed by atoms with E-state index >= 15 is 0 Å². The molecule has 7 nitrogen and oxygen atoms in total. The molecule has 0 spiro atoms. The predicted octanol–water partition coefficient (Wildman–Crippen LogP) is 0.300. The summed E-state index contributed by atoms with van der Waals surface area (Å²) < 4.78 is 16.4. The molecule has 118 valence electrons. The van der Waals surface area contributed by atoms with Crippen molar-refractivity contribution in [2.24, 2.45) is 7.05 Å². The van der Waals surface area contributed by atoms with Crippen LogP contribution in [0.1, 0.15) is 11.1 Å². The van der Waals surface area contributed by atoms with Gasteiger partial charge >= 0.3 is 11.4 Å². The minimum atomic E-state index is -1.07. The third-order valence-corrected chi connectivity index (χ3v) is 3.79. The maximum Gasteiger partial charge on any atom is 0.354 e. The van der Waals surface area contributed by atoms with E-state index in [0.717, 1.165) is 15.7 Å². The predicted molar refractivity (Wildman–Crippen MR) is 81.7 cm³/mol. The van der Waals surface area contributed by atoms with Gasteiger partial charge in [0.05, 0.1) is 11.8 Å². The molecule has 0 unspecified atom stereocenters. The van der Waals surface area contributed by atoms with Gasteiger partial charge in [-0.05, 0) is 37.1 Å². The number of aryl methyl sites for hydroxylation is 2. The van der Waals surface area contributed by atoms with Crippen molar-refractivity contribution in [2.45, 2.75) is 13.8 Å². The zero-order valence-corrected chi connectivity index (χ0v) is 12.7. The molecule has 0 fully saturated rings. The Labute approximate surface area is 128 Å². The molecule has 8 heteroatoms. The molecule has 0 radical (unpaired) electrons. The van der Waals surface area contributed by atoms with Gasteiger partial charge in [0.15, 0.2) is 0 Å². The summed E-state index contributed by atoms with van der Waals surface area (Å²) in [4.78, 5) is 39.8. The van der Waals surface area contributed by atoms with Crippen molar-refractivity contribution in [3.63, 3.8) is 0 Å². The quantitative estimate of drug-likeness (QED) is 0.605. The first-order valence-electron chi connectivity index (χ1n) is 6.80. The third-order valence-electron chi connectivity index (χ3n) is 3.79. The molecular formula is C15H13FN4O3. The van der Waals surface area contributed by atoms with Crippen LogP contribution in [0.5, 0.6) is 0 Å². The second-order valence-corrected chi connectivity index (χ2v) is 5.28. The summed E-state index contributed by atoms with van der Waals surface area (Å²) in [5.74, 6) is -1.43. The van der Waals surface area contributed by atoms with Crippen molar-refractivity contribution in [3.05, 3.63) is 72.7 Å². The van der Waals surface area contributed by atoms with Crippen molar-refractivity contribution in [1.82, 2.24) is 18.5 Å². The maximum absolute atomic E-state index is 14.1. The van der Waals surface area contributed by atoms with Crippen LogP contribution in [0.3, 0.4) is 0 Å². The number of hydrogen-bond acceptors (Lipinski definition) is 4. The van der Waals surface area contributed by atoms with Crippen LogP contribution < -0.4 is 16.9 Å². The van der Waals surface area contributed by atoms with Gasteiger partial charge in [-0.2, -0.15) is 9.37 Å². The number of benzene rings is 1. The summed E-state index contributed by atoms with van der Waals surface area (Å²) in [6.45, 7) is 3.76. The number of halogens is 1. The summed E-state index contributed by atoms with van der Waals surface area (Å²) in [5, 5.41) is 0. The number of fused-ring (bicyclic) bond motifs is 1. The van der Waals surface area contributed by atoms with Gasteiger partial charge in [0.1, 0.15) is 0 Å². The summed E-state index contributed by atoms with van der Waals surface area (Å²) in [6.07, 6.45) is 0. The highest BCUT2D eigenvalue weighted by Crippen LogP contribution is 2.14. The number of hydrogen-bond donors (Lipinski definition) is 0. The van der Waals surface area contributed by atoms with Crippen LogP contribution in [0, 0.1) is 19.8 Å². The van der Waals surface area contributed by atoms with E-state index in [1.165, 1.54) is 7.05 Å². The van der Waals surface area contributed by atoms with E-state index in [1.807, 2.05) is 13.8 Å². The molecule has 2 heterocycles. The van der Waals surface area contributed by atoms with Crippen LogP contribution in [0.4, 0.5) is 4.39 Å². The van der Waals surface area contributed by atoms with Gasteiger partial charge in [0.2, 0.25) is 11.7 Å². The van der Waals surface area contributed by atoms with Crippen molar-refractivity contribution in [1.29, 1.82) is 0 Å². The minimum Gasteiger partial charge on any atom is -0.269 e. The fourth-order valence-corrected chi connectivity index (χ4v) is 2.30. The van der Waals surface area contributed by atoms with Gasteiger partial charge in [-0.1, -0.05) is 6.07 Å². The van der Waals surface area contributed by atoms with Gasteiger partial charge in [-0.3, -0.25) is 4.79 Å². The molecule has 0 N–H and O–H groups in total. The van der Waals surface area contributed by atoms with Crippen molar-refractivity contribution in [2.75, 3.05) is 0 Å². The highest BCUT2D eigenvalue weighted by atomic mass is 19.1. The number of rotatable bonds is 1. The third kappa shape index (κ3) is 2.19. The summed E-state index contributed by atoms with van der Waals surface area (Å²) >= 11 is 0. The Morgan fingerprint density at radius 1 is 1.04 bits per heavy atom. The molecule has 0 aliphatic heterocycles. The van der Waals surface area contributed by atoms with Gasteiger partial charge in [0, 0.05) is 7.05 Å². The van der Waals surface area contributed by atoms with E-state index in [4.69, 9.17) is 0 Å². The van der Waals surface area contributed by atoms with E-state index < -0.39 is 22.9 Å². The Balaban J connectivity index is 2.56. The molecule has 0 atom stereocenters. The Hall–Kier alpha value is -3.03. The standard InChI is InChI=1S/C15H13FN4O3/c1-8-4-5-10(6-9(8)2)19-12(21)7-11(16)20-13(19)17-14(22)18(3)15(20)23/h4-7H,1-3H3. The van der Waals surface area contributed by atoms with E-state index in [-0.39, 0.29) is 5.78 Å². The van der Waals surface area contributed by atoms with Gasteiger partial charge in [-0.15, -0.1) is 0 Å². The fourth-order valence-electron chi connectivity index (χ4n) is 2.30. The molecule has 0 saturated carbocycles. The van der Waals surface area contributed by atoms with E-state index in [0.29, 0.717) is 20.7 Å². The summed E-state index contributed by atoms with van der Waals surface area (Å²) in [5.41, 5.74) is -0.174. The first-order chi connectivity index (χ1) is 10.8. The van der Waals surface area contributed by atoms with Crippen molar-refractivity contribution >= 4 is 5.78 Å². The van der Waals surface area contributed by atoms with Gasteiger partial charge in [-0.25, -0.2) is 23.1 Å². The van der Waals surface area contributed by atoms with Crippen LogP contribution in [-0.2, 0) is 7.05 Å². The SMILES string of the molecule is Cc1ccc(-n2c(=O)cc(F)n3c(=O)n(C)c(=O)nc23)cc1C. The number of nitrogens with zero attached hydrogens (tertiary/aromatic N) is 4. The van der Waals surface area contributed by atoms with Crippen LogP contribution in [-0.4, -0.2) is 18.5 Å². The van der Waals surface area contributed by atoms with Crippen molar-refractivity contribution in [3.8, 4) is 5.69 Å². The molecule has 23 heavy (non-hydrogen) atoms. The van der Waals surface area contributed by atoms with Gasteiger partial charge in [0.25, 0.3) is 5.56 Å². The Kier molecular flexibility index (Phi) is 3.24. The lowest BCUT2D eigenvalue weighted by Gasteiger charge is -2.12. The maximum atomic E-state index is 14.1. The molecule has 0 bridgehead atoms. The molecule has 3 rings (SSSR count). The highest BCUT2D eigenvalue weighted by Gasteiger charge is 2.16. The lowest BCUT2D eigenvalue weighted by atomic mass is 10.1. The van der Waals surface area contributed by atoms with Crippen LogP contribution >= 0.6 is 0 Å². The van der Waals surface area contributed by atoms with Crippen LogP contribution in [0.25, 0.3) is 11.5 Å². The summed E-state index contributed by atoms with van der Waals surface area (Å²) in [6, 6.07) is 5.83. The Morgan fingerprint density at radius 3 is 2.39 bits per heavy atom. The molecule has 2 aromatic heterocycles. The molecule has 0 amide bonds. The molecule has 0 saturated heterocycles. The minimum absolute atomic E-state index is 0.355. The molecule has 3 aromatic rings. The molecule has 1 aromatic carbocycles. The fraction of sp³-hybridized carbons (Fsp3) is 0.200. The topological polar surface area (TPSA) is 78.4 Å².